The lowest BCUT2D eigenvalue weighted by atomic mass is 9.89. The summed E-state index contributed by atoms with van der Waals surface area (Å²) >= 11 is 0. The van der Waals surface area contributed by atoms with Crippen molar-refractivity contribution in [2.24, 2.45) is 0 Å². The molecule has 3 heterocycles. The van der Waals surface area contributed by atoms with Crippen LogP contribution in [0, 0.1) is 0 Å². The lowest BCUT2D eigenvalue weighted by Crippen LogP contribution is -2.45. The van der Waals surface area contributed by atoms with Crippen LogP contribution in [0.3, 0.4) is 0 Å². The highest BCUT2D eigenvalue weighted by Gasteiger charge is 2.34. The zero-order chi connectivity index (χ0) is 23.9. The van der Waals surface area contributed by atoms with E-state index in [0.29, 0.717) is 13.0 Å². The summed E-state index contributed by atoms with van der Waals surface area (Å²) in [6.07, 6.45) is 0.566. The number of hydrogen-bond donors (Lipinski definition) is 2. The van der Waals surface area contributed by atoms with Gasteiger partial charge in [-0.2, -0.15) is 0 Å². The number of benzene rings is 3. The first kappa shape index (κ1) is 21.4. The van der Waals surface area contributed by atoms with Crippen LogP contribution in [0.2, 0.25) is 0 Å². The minimum atomic E-state index is -0.443. The number of rotatable bonds is 5. The third-order valence-electron chi connectivity index (χ3n) is 6.78. The van der Waals surface area contributed by atoms with Crippen LogP contribution < -0.4 is 10.1 Å². The van der Waals surface area contributed by atoms with Gasteiger partial charge in [-0.05, 0) is 41.5 Å². The lowest BCUT2D eigenvalue weighted by Gasteiger charge is -2.30. The van der Waals surface area contributed by atoms with Crippen LogP contribution >= 0.6 is 0 Å². The van der Waals surface area contributed by atoms with Gasteiger partial charge in [-0.25, -0.2) is 4.68 Å². The van der Waals surface area contributed by atoms with Gasteiger partial charge in [0.25, 0.3) is 0 Å². The van der Waals surface area contributed by atoms with Crippen molar-refractivity contribution in [2.45, 2.75) is 25.0 Å². The molecule has 8 heteroatoms. The number of fused-ring (bicyclic) bond motifs is 4. The number of para-hydroxylation sites is 2. The van der Waals surface area contributed by atoms with Crippen molar-refractivity contribution >= 4 is 27.9 Å². The Labute approximate surface area is 201 Å². The molecule has 8 nitrogen and oxygen atoms in total. The first-order valence-corrected chi connectivity index (χ1v) is 11.5. The third kappa shape index (κ3) is 3.63. The van der Waals surface area contributed by atoms with E-state index in [1.807, 2.05) is 53.2 Å². The number of esters is 1. The molecule has 1 aliphatic heterocycles. The van der Waals surface area contributed by atoms with Gasteiger partial charge in [0.05, 0.1) is 32.3 Å². The molecule has 6 rings (SSSR count). The average molecular weight is 468 g/mol. The summed E-state index contributed by atoms with van der Waals surface area (Å²) in [4.78, 5) is 16.2. The molecule has 0 fully saturated rings. The summed E-state index contributed by atoms with van der Waals surface area (Å²) in [5.41, 5.74) is 7.05. The second-order valence-electron chi connectivity index (χ2n) is 8.75. The van der Waals surface area contributed by atoms with Crippen LogP contribution in [0.1, 0.15) is 28.4 Å². The molecule has 35 heavy (non-hydrogen) atoms. The van der Waals surface area contributed by atoms with Crippen LogP contribution in [0.5, 0.6) is 5.75 Å². The summed E-state index contributed by atoms with van der Waals surface area (Å²) in [6.45, 7) is 0.504. The number of nitrogens with one attached hydrogen (secondary N) is 2. The maximum atomic E-state index is 12.6. The third-order valence-corrected chi connectivity index (χ3v) is 6.78. The van der Waals surface area contributed by atoms with Gasteiger partial charge < -0.3 is 14.5 Å². The molecule has 0 radical (unpaired) electrons. The van der Waals surface area contributed by atoms with Gasteiger partial charge in [0.15, 0.2) is 0 Å². The van der Waals surface area contributed by atoms with Crippen molar-refractivity contribution in [1.29, 1.82) is 0 Å². The fraction of sp³-hybridized carbons (Fsp3) is 0.222. The molecular weight excluding hydrogens is 442 g/mol. The molecule has 0 saturated heterocycles. The summed E-state index contributed by atoms with van der Waals surface area (Å²) in [7, 11) is 3.09. The highest BCUT2D eigenvalue weighted by atomic mass is 16.5. The summed E-state index contributed by atoms with van der Waals surface area (Å²) in [6, 6.07) is 21.5. The van der Waals surface area contributed by atoms with Crippen LogP contribution in [-0.4, -0.2) is 46.2 Å². The molecule has 5 aromatic rings. The zero-order valence-electron chi connectivity index (χ0n) is 19.5. The van der Waals surface area contributed by atoms with Crippen molar-refractivity contribution < 1.29 is 14.3 Å². The first-order chi connectivity index (χ1) is 17.2. The van der Waals surface area contributed by atoms with E-state index in [-0.39, 0.29) is 12.0 Å². The van der Waals surface area contributed by atoms with Gasteiger partial charge in [0.1, 0.15) is 17.3 Å². The first-order valence-electron chi connectivity index (χ1n) is 11.5. The molecule has 2 N–H and O–H groups in total. The molecule has 0 aliphatic carbocycles. The standard InChI is InChI=1S/C27H25N5O3/c1-34-24-12-11-16(13-17(24)15-32-23-10-6-5-9-21(23)30-31-32)25-26-19(14-22(29-25)27(33)35-2)18-7-3-4-8-20(18)28-26/h3-13,22,25,28-29H,14-15H2,1-2H3/t22-,25+/m0/s1. The van der Waals surface area contributed by atoms with Crippen LogP contribution in [0.4, 0.5) is 0 Å². The number of H-pyrrole nitrogens is 1. The van der Waals surface area contributed by atoms with E-state index < -0.39 is 6.04 Å². The van der Waals surface area contributed by atoms with Gasteiger partial charge in [0.2, 0.25) is 0 Å². The van der Waals surface area contributed by atoms with Crippen LogP contribution in [0.25, 0.3) is 21.9 Å². The summed E-state index contributed by atoms with van der Waals surface area (Å²) in [5.74, 6) is 0.499. The van der Waals surface area contributed by atoms with E-state index in [2.05, 4.69) is 38.8 Å². The topological polar surface area (TPSA) is 94.1 Å². The van der Waals surface area contributed by atoms with Crippen molar-refractivity contribution in [3.63, 3.8) is 0 Å². The number of aromatic nitrogens is 4. The minimum absolute atomic E-state index is 0.215. The van der Waals surface area contributed by atoms with Gasteiger partial charge >= 0.3 is 5.97 Å². The molecule has 0 unspecified atom stereocenters. The average Bonchev–Trinajstić information content (AvgIpc) is 3.49. The van der Waals surface area contributed by atoms with E-state index in [1.165, 1.54) is 7.11 Å². The molecule has 2 atom stereocenters. The Morgan fingerprint density at radius 3 is 2.77 bits per heavy atom. The summed E-state index contributed by atoms with van der Waals surface area (Å²) in [5, 5.41) is 13.3. The van der Waals surface area contributed by atoms with Crippen molar-refractivity contribution in [2.75, 3.05) is 14.2 Å². The van der Waals surface area contributed by atoms with Gasteiger partial charge in [0, 0.05) is 28.6 Å². The number of carbonyl (C=O) groups is 1. The van der Waals surface area contributed by atoms with E-state index in [9.17, 15) is 4.79 Å². The molecule has 1 aliphatic rings. The maximum absolute atomic E-state index is 12.6. The number of nitrogens with zero attached hydrogens (tertiary/aromatic N) is 3. The highest BCUT2D eigenvalue weighted by molar-refractivity contribution is 5.87. The Kier molecular flexibility index (Phi) is 5.22. The number of carbonyl (C=O) groups excluding carboxylic acids is 1. The molecule has 0 spiro atoms. The van der Waals surface area contributed by atoms with E-state index in [1.54, 1.807) is 7.11 Å². The molecule has 0 saturated carbocycles. The van der Waals surface area contributed by atoms with E-state index in [4.69, 9.17) is 9.47 Å². The second kappa shape index (κ2) is 8.56. The Balaban J connectivity index is 1.44. The number of hydrogen-bond acceptors (Lipinski definition) is 6. The monoisotopic (exact) mass is 467 g/mol. The van der Waals surface area contributed by atoms with Gasteiger partial charge in [-0.15, -0.1) is 5.10 Å². The predicted molar refractivity (Wildman–Crippen MR) is 132 cm³/mol. The lowest BCUT2D eigenvalue weighted by molar-refractivity contribution is -0.143. The molecule has 176 valence electrons. The molecule has 2 aromatic heterocycles. The van der Waals surface area contributed by atoms with E-state index in [0.717, 1.165) is 50.1 Å². The van der Waals surface area contributed by atoms with Crippen LogP contribution in [-0.2, 0) is 22.5 Å². The SMILES string of the molecule is COC(=O)[C@@H]1Cc2c([nH]c3ccccc23)[C@@H](c2ccc(OC)c(Cn3nnc4ccccc43)c2)N1. The van der Waals surface area contributed by atoms with Gasteiger partial charge in [-0.1, -0.05) is 41.6 Å². The molecule has 3 aromatic carbocycles. The van der Waals surface area contributed by atoms with Crippen molar-refractivity contribution in [3.8, 4) is 5.75 Å². The highest BCUT2D eigenvalue weighted by Crippen LogP contribution is 2.37. The largest absolute Gasteiger partial charge is 0.496 e. The Hall–Kier alpha value is -4.17. The number of aromatic amines is 1. The quantitative estimate of drug-likeness (QED) is 0.383. The Morgan fingerprint density at radius 2 is 1.91 bits per heavy atom. The van der Waals surface area contributed by atoms with Crippen LogP contribution in [0.15, 0.2) is 66.7 Å². The minimum Gasteiger partial charge on any atom is -0.496 e. The normalized spacial score (nSPS) is 17.4. The fourth-order valence-electron chi connectivity index (χ4n) is 5.09. The number of ether oxygens (including phenoxy) is 2. The smallest absolute Gasteiger partial charge is 0.323 e. The van der Waals surface area contributed by atoms with Crippen molar-refractivity contribution in [3.05, 3.63) is 89.1 Å². The Morgan fingerprint density at radius 1 is 1.09 bits per heavy atom. The molecule has 0 bridgehead atoms. The second-order valence-corrected chi connectivity index (χ2v) is 8.75. The fourth-order valence-corrected chi connectivity index (χ4v) is 5.09. The number of methoxy groups -OCH3 is 2. The zero-order valence-corrected chi connectivity index (χ0v) is 19.5. The molecule has 0 amide bonds. The molecular formula is C27H25N5O3. The predicted octanol–water partition coefficient (Wildman–Crippen LogP) is 3.75. The maximum Gasteiger partial charge on any atom is 0.323 e. The van der Waals surface area contributed by atoms with E-state index >= 15 is 0 Å². The summed E-state index contributed by atoms with van der Waals surface area (Å²) < 4.78 is 12.6. The Bertz CT molecular complexity index is 1550. The van der Waals surface area contributed by atoms with Crippen molar-refractivity contribution in [1.82, 2.24) is 25.3 Å². The van der Waals surface area contributed by atoms with Gasteiger partial charge in [-0.3, -0.25) is 10.1 Å².